The standard InChI is InChI=1S/C19H25N3O2S2/c23-16(22-9-5-1-2-6-10-22)12-25-11-15-20-18(24)17-13-7-3-4-8-14(13)26-19(17)21-15/h1-12H2,(H,20,21,24). The van der Waals surface area contributed by atoms with Crippen LogP contribution in [0.4, 0.5) is 0 Å². The predicted octanol–water partition coefficient (Wildman–Crippen LogP) is 3.50. The Bertz CT molecular complexity index is 850. The van der Waals surface area contributed by atoms with Gasteiger partial charge in [0.15, 0.2) is 0 Å². The third-order valence-corrected chi connectivity index (χ3v) is 7.41. The number of aryl methyl sites for hydroxylation is 2. The van der Waals surface area contributed by atoms with E-state index in [1.807, 2.05) is 4.90 Å². The SMILES string of the molecule is O=C(CSCc1nc2sc3c(c2c(=O)[nH]1)CCCC3)N1CCCCCC1. The number of hydrogen-bond acceptors (Lipinski definition) is 5. The number of nitrogens with zero attached hydrogens (tertiary/aromatic N) is 2. The summed E-state index contributed by atoms with van der Waals surface area (Å²) in [5, 5.41) is 0.805. The van der Waals surface area contributed by atoms with Gasteiger partial charge in [0.2, 0.25) is 5.91 Å². The lowest BCUT2D eigenvalue weighted by atomic mass is 9.97. The van der Waals surface area contributed by atoms with Crippen LogP contribution >= 0.6 is 23.1 Å². The van der Waals surface area contributed by atoms with Crippen LogP contribution < -0.4 is 5.56 Å². The quantitative estimate of drug-likeness (QED) is 0.866. The Morgan fingerprint density at radius 1 is 1.12 bits per heavy atom. The third kappa shape index (κ3) is 3.83. The number of thioether (sulfide) groups is 1. The summed E-state index contributed by atoms with van der Waals surface area (Å²) in [4.78, 5) is 36.7. The maximum Gasteiger partial charge on any atom is 0.259 e. The first-order chi connectivity index (χ1) is 12.7. The molecule has 0 saturated carbocycles. The van der Waals surface area contributed by atoms with E-state index in [0.717, 1.165) is 55.4 Å². The van der Waals surface area contributed by atoms with Gasteiger partial charge in [-0.15, -0.1) is 23.1 Å². The molecule has 0 radical (unpaired) electrons. The van der Waals surface area contributed by atoms with Gasteiger partial charge in [0.05, 0.1) is 16.9 Å². The largest absolute Gasteiger partial charge is 0.342 e. The molecular weight excluding hydrogens is 366 g/mol. The minimum Gasteiger partial charge on any atom is -0.342 e. The van der Waals surface area contributed by atoms with Crippen molar-refractivity contribution in [3.8, 4) is 0 Å². The molecule has 1 N–H and O–H groups in total. The summed E-state index contributed by atoms with van der Waals surface area (Å²) in [7, 11) is 0. The first kappa shape index (κ1) is 18.0. The number of carbonyl (C=O) groups excluding carboxylic acids is 1. The molecule has 1 saturated heterocycles. The average Bonchev–Trinajstić information content (AvgIpc) is 2.81. The monoisotopic (exact) mass is 391 g/mol. The number of rotatable bonds is 4. The van der Waals surface area contributed by atoms with Crippen LogP contribution in [0.3, 0.4) is 0 Å². The first-order valence-corrected chi connectivity index (χ1v) is 11.6. The summed E-state index contributed by atoms with van der Waals surface area (Å²) in [5.74, 6) is 1.94. The van der Waals surface area contributed by atoms with Crippen LogP contribution in [-0.2, 0) is 23.4 Å². The van der Waals surface area contributed by atoms with Crippen molar-refractivity contribution in [2.75, 3.05) is 18.8 Å². The number of aromatic amines is 1. The number of hydrogen-bond donors (Lipinski definition) is 1. The number of amides is 1. The zero-order valence-corrected chi connectivity index (χ0v) is 16.6. The van der Waals surface area contributed by atoms with E-state index in [1.165, 1.54) is 29.7 Å². The Morgan fingerprint density at radius 3 is 2.69 bits per heavy atom. The van der Waals surface area contributed by atoms with E-state index in [2.05, 4.69) is 9.97 Å². The molecule has 0 aromatic carbocycles. The highest BCUT2D eigenvalue weighted by Crippen LogP contribution is 2.33. The number of thiophene rings is 1. The molecule has 1 aliphatic carbocycles. The van der Waals surface area contributed by atoms with Gasteiger partial charge in [-0.05, 0) is 44.1 Å². The van der Waals surface area contributed by atoms with Crippen LogP contribution in [0.25, 0.3) is 10.2 Å². The van der Waals surface area contributed by atoms with Crippen LogP contribution in [0, 0.1) is 0 Å². The van der Waals surface area contributed by atoms with E-state index in [0.29, 0.717) is 17.3 Å². The highest BCUT2D eigenvalue weighted by atomic mass is 32.2. The molecule has 7 heteroatoms. The van der Waals surface area contributed by atoms with Crippen LogP contribution in [-0.4, -0.2) is 39.6 Å². The topological polar surface area (TPSA) is 66.1 Å². The molecule has 0 spiro atoms. The Morgan fingerprint density at radius 2 is 1.88 bits per heavy atom. The number of H-pyrrole nitrogens is 1. The van der Waals surface area contributed by atoms with Gasteiger partial charge in [0.1, 0.15) is 10.7 Å². The van der Waals surface area contributed by atoms with Crippen molar-refractivity contribution in [3.05, 3.63) is 26.6 Å². The molecule has 140 valence electrons. The zero-order chi connectivity index (χ0) is 17.9. The van der Waals surface area contributed by atoms with Crippen molar-refractivity contribution >= 4 is 39.2 Å². The summed E-state index contributed by atoms with van der Waals surface area (Å²) < 4.78 is 0. The van der Waals surface area contributed by atoms with E-state index in [9.17, 15) is 9.59 Å². The lowest BCUT2D eigenvalue weighted by Gasteiger charge is -2.19. The van der Waals surface area contributed by atoms with Crippen molar-refractivity contribution in [3.63, 3.8) is 0 Å². The molecule has 0 unspecified atom stereocenters. The summed E-state index contributed by atoms with van der Waals surface area (Å²) in [5.41, 5.74) is 1.21. The van der Waals surface area contributed by atoms with Gasteiger partial charge < -0.3 is 9.88 Å². The van der Waals surface area contributed by atoms with Gasteiger partial charge in [-0.3, -0.25) is 9.59 Å². The van der Waals surface area contributed by atoms with E-state index >= 15 is 0 Å². The van der Waals surface area contributed by atoms with Crippen LogP contribution in [0.2, 0.25) is 0 Å². The Balaban J connectivity index is 1.41. The summed E-state index contributed by atoms with van der Waals surface area (Å²) in [6.45, 7) is 1.78. The lowest BCUT2D eigenvalue weighted by Crippen LogP contribution is -2.33. The minimum absolute atomic E-state index is 0.0103. The fraction of sp³-hybridized carbons (Fsp3) is 0.632. The number of aromatic nitrogens is 2. The molecule has 4 rings (SSSR count). The van der Waals surface area contributed by atoms with Crippen molar-refractivity contribution in [2.24, 2.45) is 0 Å². The maximum absolute atomic E-state index is 12.5. The van der Waals surface area contributed by atoms with Crippen molar-refractivity contribution < 1.29 is 4.79 Å². The second-order valence-electron chi connectivity index (χ2n) is 7.19. The summed E-state index contributed by atoms with van der Waals surface area (Å²) in [6, 6.07) is 0. The molecule has 0 atom stereocenters. The average molecular weight is 392 g/mol. The molecular formula is C19H25N3O2S2. The molecule has 1 amide bonds. The van der Waals surface area contributed by atoms with E-state index in [4.69, 9.17) is 0 Å². The van der Waals surface area contributed by atoms with Gasteiger partial charge in [-0.2, -0.15) is 0 Å². The molecule has 2 aromatic rings. The minimum atomic E-state index is -0.0103. The summed E-state index contributed by atoms with van der Waals surface area (Å²) >= 11 is 3.23. The third-order valence-electron chi connectivity index (χ3n) is 5.30. The van der Waals surface area contributed by atoms with Crippen molar-refractivity contribution in [2.45, 2.75) is 57.1 Å². The number of nitrogens with one attached hydrogen (secondary N) is 1. The van der Waals surface area contributed by atoms with Gasteiger partial charge >= 0.3 is 0 Å². The first-order valence-electron chi connectivity index (χ1n) is 9.61. The molecule has 2 aliphatic rings. The fourth-order valence-electron chi connectivity index (χ4n) is 3.92. The molecule has 5 nitrogen and oxygen atoms in total. The van der Waals surface area contributed by atoms with Gasteiger partial charge in [-0.25, -0.2) is 4.98 Å². The Hall–Kier alpha value is -1.34. The maximum atomic E-state index is 12.5. The zero-order valence-electron chi connectivity index (χ0n) is 15.0. The fourth-order valence-corrected chi connectivity index (χ4v) is 5.99. The second kappa shape index (κ2) is 8.13. The Labute approximate surface area is 161 Å². The molecule has 26 heavy (non-hydrogen) atoms. The van der Waals surface area contributed by atoms with E-state index in [1.54, 1.807) is 23.1 Å². The molecule has 3 heterocycles. The van der Waals surface area contributed by atoms with Crippen molar-refractivity contribution in [1.82, 2.24) is 14.9 Å². The van der Waals surface area contributed by atoms with Crippen LogP contribution in [0.5, 0.6) is 0 Å². The number of likely N-dealkylation sites (tertiary alicyclic amines) is 1. The predicted molar refractivity (Wildman–Crippen MR) is 108 cm³/mol. The number of carbonyl (C=O) groups is 1. The highest BCUT2D eigenvalue weighted by Gasteiger charge is 2.20. The molecule has 2 aromatic heterocycles. The van der Waals surface area contributed by atoms with E-state index < -0.39 is 0 Å². The summed E-state index contributed by atoms with van der Waals surface area (Å²) in [6.07, 6.45) is 9.13. The number of fused-ring (bicyclic) bond motifs is 3. The normalized spacial score (nSPS) is 17.9. The lowest BCUT2D eigenvalue weighted by molar-refractivity contribution is -0.128. The van der Waals surface area contributed by atoms with Crippen molar-refractivity contribution in [1.29, 1.82) is 0 Å². The highest BCUT2D eigenvalue weighted by molar-refractivity contribution is 7.99. The molecule has 1 fully saturated rings. The van der Waals surface area contributed by atoms with Gasteiger partial charge in [-0.1, -0.05) is 12.8 Å². The second-order valence-corrected chi connectivity index (χ2v) is 9.26. The Kier molecular flexibility index (Phi) is 5.64. The van der Waals surface area contributed by atoms with E-state index in [-0.39, 0.29) is 11.5 Å². The van der Waals surface area contributed by atoms with Crippen LogP contribution in [0.15, 0.2) is 4.79 Å². The molecule has 1 aliphatic heterocycles. The van der Waals surface area contributed by atoms with Gasteiger partial charge in [0.25, 0.3) is 5.56 Å². The van der Waals surface area contributed by atoms with Crippen LogP contribution in [0.1, 0.15) is 54.8 Å². The smallest absolute Gasteiger partial charge is 0.259 e. The molecule has 0 bridgehead atoms. The van der Waals surface area contributed by atoms with Gasteiger partial charge in [0, 0.05) is 18.0 Å².